The summed E-state index contributed by atoms with van der Waals surface area (Å²) in [6.07, 6.45) is 0. The van der Waals surface area contributed by atoms with Crippen molar-refractivity contribution in [3.63, 3.8) is 0 Å². The molecule has 74 valence electrons. The molecular formula is C8H20O3Si. The summed E-state index contributed by atoms with van der Waals surface area (Å²) in [5.74, 6) is -1.16. The van der Waals surface area contributed by atoms with Crippen molar-refractivity contribution in [1.82, 2.24) is 0 Å². The Labute approximate surface area is 75.5 Å². The van der Waals surface area contributed by atoms with Crippen molar-refractivity contribution in [2.24, 2.45) is 0 Å². The second-order valence-corrected chi connectivity index (χ2v) is 9.07. The summed E-state index contributed by atoms with van der Waals surface area (Å²) in [7, 11) is -2.23. The maximum absolute atomic E-state index is 9.73. The van der Waals surface area contributed by atoms with Gasteiger partial charge in [-0.1, -0.05) is 0 Å². The van der Waals surface area contributed by atoms with Gasteiger partial charge in [-0.25, -0.2) is 0 Å². The van der Waals surface area contributed by atoms with Gasteiger partial charge in [-0.3, -0.25) is 0 Å². The first-order chi connectivity index (χ1) is 4.96. The monoisotopic (exact) mass is 192 g/mol. The van der Waals surface area contributed by atoms with Crippen molar-refractivity contribution in [2.45, 2.75) is 51.8 Å². The molecule has 0 amide bonds. The molecule has 0 aliphatic heterocycles. The summed E-state index contributed by atoms with van der Waals surface area (Å²) >= 11 is 0. The Bertz CT molecular complexity index is 153. The third-order valence-corrected chi connectivity index (χ3v) is 5.93. The summed E-state index contributed by atoms with van der Waals surface area (Å²) in [6.45, 7) is 10.3. The van der Waals surface area contributed by atoms with Crippen LogP contribution in [0.2, 0.25) is 13.1 Å². The van der Waals surface area contributed by atoms with E-state index in [-0.39, 0.29) is 0 Å². The molecule has 0 heterocycles. The minimum Gasteiger partial charge on any atom is -0.391 e. The number of rotatable bonds is 3. The summed E-state index contributed by atoms with van der Waals surface area (Å²) in [5.41, 5.74) is 0. The SMILES string of the molecule is CC(C)(O)O[Si](C)(C)C(C)(C)O. The van der Waals surface area contributed by atoms with Gasteiger partial charge in [-0.15, -0.1) is 0 Å². The topological polar surface area (TPSA) is 49.7 Å². The molecule has 0 bridgehead atoms. The predicted octanol–water partition coefficient (Wildman–Crippen LogP) is 1.25. The Kier molecular flexibility index (Phi) is 3.13. The van der Waals surface area contributed by atoms with Crippen LogP contribution in [0.3, 0.4) is 0 Å². The van der Waals surface area contributed by atoms with Crippen LogP contribution in [0, 0.1) is 0 Å². The first-order valence-corrected chi connectivity index (χ1v) is 7.01. The lowest BCUT2D eigenvalue weighted by Crippen LogP contribution is -2.56. The minimum atomic E-state index is -2.23. The van der Waals surface area contributed by atoms with Gasteiger partial charge in [0.2, 0.25) is 8.32 Å². The molecule has 0 fully saturated rings. The minimum absolute atomic E-state index is 0.840. The molecule has 0 aromatic heterocycles. The van der Waals surface area contributed by atoms with E-state index in [9.17, 15) is 10.2 Å². The highest BCUT2D eigenvalue weighted by Crippen LogP contribution is 2.25. The summed E-state index contributed by atoms with van der Waals surface area (Å²) in [5, 5.41) is 18.3. The van der Waals surface area contributed by atoms with Crippen LogP contribution >= 0.6 is 0 Å². The maximum atomic E-state index is 9.73. The standard InChI is InChI=1S/C8H20O3Si/c1-7(2,9)11-12(5,6)8(3,4)10/h9-10H,1-6H3. The summed E-state index contributed by atoms with van der Waals surface area (Å²) < 4.78 is 5.43. The fourth-order valence-electron chi connectivity index (χ4n) is 0.749. The molecule has 0 aromatic carbocycles. The van der Waals surface area contributed by atoms with Crippen LogP contribution in [0.5, 0.6) is 0 Å². The lowest BCUT2D eigenvalue weighted by Gasteiger charge is -2.39. The van der Waals surface area contributed by atoms with Gasteiger partial charge >= 0.3 is 0 Å². The van der Waals surface area contributed by atoms with E-state index >= 15 is 0 Å². The maximum Gasteiger partial charge on any atom is 0.220 e. The molecule has 0 aromatic rings. The van der Waals surface area contributed by atoms with Crippen molar-refractivity contribution in [1.29, 1.82) is 0 Å². The fourth-order valence-corrected chi connectivity index (χ4v) is 2.25. The van der Waals surface area contributed by atoms with Crippen molar-refractivity contribution in [3.05, 3.63) is 0 Å². The molecule has 0 rings (SSSR count). The molecule has 4 heteroatoms. The summed E-state index contributed by atoms with van der Waals surface area (Å²) in [4.78, 5) is 0. The molecule has 0 aliphatic rings. The Hall–Kier alpha value is 0.0969. The zero-order valence-electron chi connectivity index (χ0n) is 8.80. The second kappa shape index (κ2) is 3.10. The van der Waals surface area contributed by atoms with Crippen LogP contribution in [0.15, 0.2) is 0 Å². The molecular weight excluding hydrogens is 172 g/mol. The normalized spacial score (nSPS) is 15.0. The molecule has 0 atom stereocenters. The average molecular weight is 192 g/mol. The molecule has 12 heavy (non-hydrogen) atoms. The molecule has 0 aliphatic carbocycles. The zero-order chi connectivity index (χ0) is 10.2. The van der Waals surface area contributed by atoms with Gasteiger partial charge in [0.15, 0.2) is 0 Å². The fraction of sp³-hybridized carbons (Fsp3) is 1.00. The molecule has 2 N–H and O–H groups in total. The van der Waals surface area contributed by atoms with Gasteiger partial charge in [-0.2, -0.15) is 0 Å². The van der Waals surface area contributed by atoms with Gasteiger partial charge < -0.3 is 14.6 Å². The molecule has 0 spiro atoms. The second-order valence-electron chi connectivity index (χ2n) is 4.62. The first-order valence-electron chi connectivity index (χ1n) is 4.11. The van der Waals surface area contributed by atoms with Gasteiger partial charge in [0.05, 0.1) is 5.22 Å². The van der Waals surface area contributed by atoms with E-state index in [1.807, 2.05) is 13.1 Å². The molecule has 0 unspecified atom stereocenters. The van der Waals surface area contributed by atoms with E-state index in [1.54, 1.807) is 27.7 Å². The number of aliphatic hydroxyl groups is 2. The Balaban J connectivity index is 4.44. The molecule has 0 saturated carbocycles. The third kappa shape index (κ3) is 3.67. The van der Waals surface area contributed by atoms with Crippen LogP contribution in [-0.2, 0) is 4.43 Å². The van der Waals surface area contributed by atoms with Crippen molar-refractivity contribution >= 4 is 8.32 Å². The van der Waals surface area contributed by atoms with Crippen molar-refractivity contribution in [3.8, 4) is 0 Å². The van der Waals surface area contributed by atoms with E-state index in [2.05, 4.69) is 0 Å². The predicted molar refractivity (Wildman–Crippen MR) is 51.2 cm³/mol. The lowest BCUT2D eigenvalue weighted by atomic mass is 10.4. The highest BCUT2D eigenvalue weighted by molar-refractivity contribution is 6.73. The molecule has 3 nitrogen and oxygen atoms in total. The smallest absolute Gasteiger partial charge is 0.220 e. The Morgan fingerprint density at radius 3 is 1.42 bits per heavy atom. The highest BCUT2D eigenvalue weighted by Gasteiger charge is 2.42. The number of hydrogen-bond donors (Lipinski definition) is 2. The van der Waals surface area contributed by atoms with Gasteiger partial charge in [-0.05, 0) is 40.8 Å². The van der Waals surface area contributed by atoms with E-state index in [1.165, 1.54) is 0 Å². The quantitative estimate of drug-likeness (QED) is 0.522. The van der Waals surface area contributed by atoms with Crippen LogP contribution in [0.4, 0.5) is 0 Å². The number of hydrogen-bond acceptors (Lipinski definition) is 3. The van der Waals surface area contributed by atoms with E-state index in [4.69, 9.17) is 4.43 Å². The zero-order valence-corrected chi connectivity index (χ0v) is 9.80. The Morgan fingerprint density at radius 2 is 1.33 bits per heavy atom. The van der Waals surface area contributed by atoms with Gasteiger partial charge in [0, 0.05) is 0 Å². The third-order valence-electron chi connectivity index (χ3n) is 1.98. The largest absolute Gasteiger partial charge is 0.391 e. The van der Waals surface area contributed by atoms with Crippen LogP contribution in [0.25, 0.3) is 0 Å². The van der Waals surface area contributed by atoms with Gasteiger partial charge in [0.25, 0.3) is 0 Å². The van der Waals surface area contributed by atoms with Crippen LogP contribution < -0.4 is 0 Å². The van der Waals surface area contributed by atoms with E-state index in [0.29, 0.717) is 0 Å². The lowest BCUT2D eigenvalue weighted by molar-refractivity contribution is -0.120. The van der Waals surface area contributed by atoms with E-state index < -0.39 is 19.3 Å². The van der Waals surface area contributed by atoms with Crippen molar-refractivity contribution in [2.75, 3.05) is 0 Å². The van der Waals surface area contributed by atoms with Crippen LogP contribution in [-0.4, -0.2) is 29.5 Å². The molecule has 0 radical (unpaired) electrons. The van der Waals surface area contributed by atoms with Crippen LogP contribution in [0.1, 0.15) is 27.7 Å². The van der Waals surface area contributed by atoms with Gasteiger partial charge in [0.1, 0.15) is 5.79 Å². The van der Waals surface area contributed by atoms with E-state index in [0.717, 1.165) is 0 Å². The molecule has 0 saturated heterocycles. The Morgan fingerprint density at radius 1 is 1.00 bits per heavy atom. The summed E-state index contributed by atoms with van der Waals surface area (Å²) in [6, 6.07) is 0. The average Bonchev–Trinajstić information content (AvgIpc) is 1.52. The van der Waals surface area contributed by atoms with Crippen molar-refractivity contribution < 1.29 is 14.6 Å². The highest BCUT2D eigenvalue weighted by atomic mass is 28.4. The first kappa shape index (κ1) is 12.1.